The first-order valence-corrected chi connectivity index (χ1v) is 5.72. The first-order chi connectivity index (χ1) is 7.99. The Morgan fingerprint density at radius 2 is 2.29 bits per heavy atom. The second kappa shape index (κ2) is 4.33. The second-order valence-corrected chi connectivity index (χ2v) is 4.49. The number of aromatic carboxylic acids is 1. The molecule has 0 aromatic carbocycles. The van der Waals surface area contributed by atoms with Crippen molar-refractivity contribution in [2.75, 3.05) is 0 Å². The summed E-state index contributed by atoms with van der Waals surface area (Å²) in [5, 5.41) is 17.1. The number of aromatic nitrogens is 4. The highest BCUT2D eigenvalue weighted by Gasteiger charge is 2.12. The third-order valence-electron chi connectivity index (χ3n) is 2.45. The molecule has 2 rings (SSSR count). The SMILES string of the molecule is Cc1nn(C)c(Cn2cc(C(=O)O)cn2)c1Br. The molecule has 17 heavy (non-hydrogen) atoms. The molecular formula is C10H11BrN4O2. The first-order valence-electron chi connectivity index (χ1n) is 4.92. The summed E-state index contributed by atoms with van der Waals surface area (Å²) >= 11 is 3.45. The maximum atomic E-state index is 10.7. The lowest BCUT2D eigenvalue weighted by atomic mass is 10.3. The van der Waals surface area contributed by atoms with Crippen molar-refractivity contribution >= 4 is 21.9 Å². The molecule has 1 N–H and O–H groups in total. The van der Waals surface area contributed by atoms with Crippen molar-refractivity contribution in [3.05, 3.63) is 33.8 Å². The molecule has 2 aromatic heterocycles. The molecule has 0 saturated heterocycles. The summed E-state index contributed by atoms with van der Waals surface area (Å²) in [5.74, 6) is -0.975. The molecule has 0 fully saturated rings. The molecule has 0 unspecified atom stereocenters. The van der Waals surface area contributed by atoms with Gasteiger partial charge in [-0.3, -0.25) is 9.36 Å². The lowest BCUT2D eigenvalue weighted by molar-refractivity contribution is 0.0697. The minimum atomic E-state index is -0.975. The number of halogens is 1. The fourth-order valence-corrected chi connectivity index (χ4v) is 2.03. The molecular weight excluding hydrogens is 288 g/mol. The van der Waals surface area contributed by atoms with Gasteiger partial charge in [0.1, 0.15) is 0 Å². The lowest BCUT2D eigenvalue weighted by Gasteiger charge is -2.02. The Kier molecular flexibility index (Phi) is 3.01. The molecule has 90 valence electrons. The summed E-state index contributed by atoms with van der Waals surface area (Å²) in [6, 6.07) is 0. The van der Waals surface area contributed by atoms with Gasteiger partial charge in [-0.15, -0.1) is 0 Å². The van der Waals surface area contributed by atoms with Crippen LogP contribution in [0.4, 0.5) is 0 Å². The minimum Gasteiger partial charge on any atom is -0.478 e. The summed E-state index contributed by atoms with van der Waals surface area (Å²) in [5.41, 5.74) is 2.02. The molecule has 2 aromatic rings. The van der Waals surface area contributed by atoms with Crippen molar-refractivity contribution in [3.63, 3.8) is 0 Å². The van der Waals surface area contributed by atoms with Crippen molar-refractivity contribution in [2.24, 2.45) is 7.05 Å². The zero-order chi connectivity index (χ0) is 12.6. The largest absolute Gasteiger partial charge is 0.478 e. The van der Waals surface area contributed by atoms with E-state index in [0.717, 1.165) is 15.9 Å². The zero-order valence-corrected chi connectivity index (χ0v) is 11.0. The minimum absolute atomic E-state index is 0.181. The molecule has 0 atom stereocenters. The average Bonchev–Trinajstić information content (AvgIpc) is 2.80. The van der Waals surface area contributed by atoms with E-state index >= 15 is 0 Å². The van der Waals surface area contributed by atoms with Crippen LogP contribution in [0.25, 0.3) is 0 Å². The number of carboxylic acid groups (broad SMARTS) is 1. The van der Waals surface area contributed by atoms with Gasteiger partial charge in [0.05, 0.1) is 34.2 Å². The molecule has 0 bridgehead atoms. The Balaban J connectivity index is 2.28. The van der Waals surface area contributed by atoms with E-state index in [0.29, 0.717) is 6.54 Å². The first kappa shape index (κ1) is 11.8. The summed E-state index contributed by atoms with van der Waals surface area (Å²) in [7, 11) is 1.84. The Labute approximate surface area is 106 Å². The van der Waals surface area contributed by atoms with Crippen LogP contribution in [0.3, 0.4) is 0 Å². The van der Waals surface area contributed by atoms with Crippen molar-refractivity contribution < 1.29 is 9.90 Å². The van der Waals surface area contributed by atoms with Crippen molar-refractivity contribution in [2.45, 2.75) is 13.5 Å². The van der Waals surface area contributed by atoms with Crippen LogP contribution < -0.4 is 0 Å². The quantitative estimate of drug-likeness (QED) is 0.930. The van der Waals surface area contributed by atoms with Gasteiger partial charge in [-0.25, -0.2) is 4.79 Å². The third-order valence-corrected chi connectivity index (χ3v) is 3.49. The summed E-state index contributed by atoms with van der Waals surface area (Å²) in [6.07, 6.45) is 2.83. The van der Waals surface area contributed by atoms with Gasteiger partial charge in [0.25, 0.3) is 0 Å². The number of hydrogen-bond donors (Lipinski definition) is 1. The van der Waals surface area contributed by atoms with E-state index in [-0.39, 0.29) is 5.56 Å². The van der Waals surface area contributed by atoms with Crippen LogP contribution in [-0.2, 0) is 13.6 Å². The van der Waals surface area contributed by atoms with Crippen LogP contribution in [0.1, 0.15) is 21.7 Å². The monoisotopic (exact) mass is 298 g/mol. The predicted octanol–water partition coefficient (Wildman–Crippen LogP) is 1.43. The van der Waals surface area contributed by atoms with Crippen LogP contribution in [0, 0.1) is 6.92 Å². The number of nitrogens with zero attached hydrogens (tertiary/aromatic N) is 4. The molecule has 6 nitrogen and oxygen atoms in total. The molecule has 0 saturated carbocycles. The van der Waals surface area contributed by atoms with Crippen LogP contribution in [-0.4, -0.2) is 30.6 Å². The highest BCUT2D eigenvalue weighted by atomic mass is 79.9. The molecule has 0 aliphatic carbocycles. The van der Waals surface area contributed by atoms with Gasteiger partial charge in [-0.2, -0.15) is 10.2 Å². The summed E-state index contributed by atoms with van der Waals surface area (Å²) < 4.78 is 4.25. The van der Waals surface area contributed by atoms with E-state index in [2.05, 4.69) is 26.1 Å². The molecule has 0 radical (unpaired) electrons. The number of rotatable bonds is 3. The van der Waals surface area contributed by atoms with E-state index in [4.69, 9.17) is 5.11 Å². The Hall–Kier alpha value is -1.63. The van der Waals surface area contributed by atoms with Crippen LogP contribution in [0.15, 0.2) is 16.9 Å². The number of carbonyl (C=O) groups is 1. The number of carboxylic acids is 1. The van der Waals surface area contributed by atoms with Gasteiger partial charge in [0, 0.05) is 13.2 Å². The molecule has 7 heteroatoms. The zero-order valence-electron chi connectivity index (χ0n) is 9.38. The van der Waals surface area contributed by atoms with Crippen LogP contribution in [0.5, 0.6) is 0 Å². The van der Waals surface area contributed by atoms with Gasteiger partial charge in [-0.05, 0) is 22.9 Å². The maximum absolute atomic E-state index is 10.7. The standard InChI is InChI=1S/C10H11BrN4O2/c1-6-9(11)8(14(2)13-6)5-15-4-7(3-12-15)10(16)17/h3-4H,5H2,1-2H3,(H,16,17). The van der Waals surface area contributed by atoms with Crippen molar-refractivity contribution in [1.82, 2.24) is 19.6 Å². The van der Waals surface area contributed by atoms with Crippen molar-refractivity contribution in [3.8, 4) is 0 Å². The third kappa shape index (κ3) is 2.23. The Morgan fingerprint density at radius 1 is 1.59 bits per heavy atom. The van der Waals surface area contributed by atoms with E-state index in [1.54, 1.807) is 9.36 Å². The van der Waals surface area contributed by atoms with Gasteiger partial charge in [-0.1, -0.05) is 0 Å². The molecule has 2 heterocycles. The number of aryl methyl sites for hydroxylation is 2. The second-order valence-electron chi connectivity index (χ2n) is 3.70. The number of hydrogen-bond acceptors (Lipinski definition) is 3. The fourth-order valence-electron chi connectivity index (χ4n) is 1.57. The molecule has 0 aliphatic heterocycles. The topological polar surface area (TPSA) is 72.9 Å². The highest BCUT2D eigenvalue weighted by molar-refractivity contribution is 9.10. The summed E-state index contributed by atoms with van der Waals surface area (Å²) in [6.45, 7) is 2.38. The van der Waals surface area contributed by atoms with Gasteiger partial charge in [0.15, 0.2) is 0 Å². The van der Waals surface area contributed by atoms with Gasteiger partial charge >= 0.3 is 5.97 Å². The Bertz CT molecular complexity index is 573. The predicted molar refractivity (Wildman–Crippen MR) is 63.9 cm³/mol. The molecule has 0 amide bonds. The highest BCUT2D eigenvalue weighted by Crippen LogP contribution is 2.20. The lowest BCUT2D eigenvalue weighted by Crippen LogP contribution is -2.06. The Morgan fingerprint density at radius 3 is 2.76 bits per heavy atom. The van der Waals surface area contributed by atoms with Crippen LogP contribution >= 0.6 is 15.9 Å². The van der Waals surface area contributed by atoms with E-state index in [9.17, 15) is 4.79 Å². The average molecular weight is 299 g/mol. The van der Waals surface area contributed by atoms with Crippen LogP contribution in [0.2, 0.25) is 0 Å². The van der Waals surface area contributed by atoms with E-state index in [1.165, 1.54) is 12.4 Å². The van der Waals surface area contributed by atoms with E-state index < -0.39 is 5.97 Å². The summed E-state index contributed by atoms with van der Waals surface area (Å²) in [4.78, 5) is 10.7. The molecule has 0 aliphatic rings. The van der Waals surface area contributed by atoms with Gasteiger partial charge < -0.3 is 5.11 Å². The fraction of sp³-hybridized carbons (Fsp3) is 0.300. The maximum Gasteiger partial charge on any atom is 0.338 e. The van der Waals surface area contributed by atoms with Crippen molar-refractivity contribution in [1.29, 1.82) is 0 Å². The van der Waals surface area contributed by atoms with E-state index in [1.807, 2.05) is 14.0 Å². The smallest absolute Gasteiger partial charge is 0.338 e. The molecule has 0 spiro atoms. The van der Waals surface area contributed by atoms with Gasteiger partial charge in [0.2, 0.25) is 0 Å². The normalized spacial score (nSPS) is 10.8.